The molecule has 0 fully saturated rings. The van der Waals surface area contributed by atoms with Crippen LogP contribution in [0.15, 0.2) is 42.7 Å². The monoisotopic (exact) mass is 270 g/mol. The molecule has 0 bridgehead atoms. The lowest BCUT2D eigenvalue weighted by molar-refractivity contribution is -0.122. The third kappa shape index (κ3) is 2.67. The van der Waals surface area contributed by atoms with Gasteiger partial charge in [0.05, 0.1) is 23.6 Å². The Morgan fingerprint density at radius 3 is 2.37 bits per heavy atom. The number of nitrogen functional groups attached to an aromatic ring is 1. The quantitative estimate of drug-likeness (QED) is 0.668. The van der Waals surface area contributed by atoms with Gasteiger partial charge in [0, 0.05) is 0 Å². The van der Waals surface area contributed by atoms with Crippen molar-refractivity contribution in [3.8, 4) is 0 Å². The molecule has 1 aromatic heterocycles. The molecule has 0 unspecified atom stereocenters. The summed E-state index contributed by atoms with van der Waals surface area (Å²) in [7, 11) is 0. The summed E-state index contributed by atoms with van der Waals surface area (Å²) in [5, 5.41) is 3.48. The zero-order chi connectivity index (χ0) is 14.0. The van der Waals surface area contributed by atoms with Gasteiger partial charge >= 0.3 is 6.30 Å². The Hall–Kier alpha value is -2.51. The highest BCUT2D eigenvalue weighted by Crippen LogP contribution is 2.29. The Morgan fingerprint density at radius 1 is 1.26 bits per heavy atom. The molecule has 1 heterocycles. The van der Waals surface area contributed by atoms with Crippen LogP contribution in [0.5, 0.6) is 0 Å². The van der Waals surface area contributed by atoms with Gasteiger partial charge in [0.2, 0.25) is 0 Å². The molecule has 0 radical (unpaired) electrons. The van der Waals surface area contributed by atoms with E-state index < -0.39 is 12.2 Å². The van der Waals surface area contributed by atoms with Gasteiger partial charge in [-0.05, 0) is 12.1 Å². The van der Waals surface area contributed by atoms with Crippen LogP contribution in [-0.2, 0) is 0 Å². The highest BCUT2D eigenvalue weighted by Gasteiger charge is 2.42. The number of nitrogens with two attached hydrogens (primary N) is 1. The fourth-order valence-electron chi connectivity index (χ4n) is 1.53. The number of halogens is 3. The maximum atomic E-state index is 13.0. The normalized spacial score (nSPS) is 11.3. The molecule has 0 saturated carbocycles. The van der Waals surface area contributed by atoms with Crippen LogP contribution in [0.4, 0.5) is 18.9 Å². The number of carbonyl (C=O) groups is 1. The van der Waals surface area contributed by atoms with Crippen LogP contribution in [-0.4, -0.2) is 22.1 Å². The predicted octanol–water partition coefficient (Wildman–Crippen LogP) is 1.76. The van der Waals surface area contributed by atoms with Crippen LogP contribution in [0.1, 0.15) is 10.4 Å². The number of carbonyl (C=O) groups excluding carboxylic acids is 1. The molecule has 0 atom stereocenters. The highest BCUT2D eigenvalue weighted by atomic mass is 19.4. The number of aromatic nitrogens is 2. The smallest absolute Gasteiger partial charge is 0.323 e. The molecule has 0 saturated heterocycles. The number of amides is 1. The van der Waals surface area contributed by atoms with E-state index in [0.29, 0.717) is 0 Å². The number of alkyl halides is 3. The first-order valence-corrected chi connectivity index (χ1v) is 5.15. The van der Waals surface area contributed by atoms with Crippen LogP contribution >= 0.6 is 0 Å². The van der Waals surface area contributed by atoms with Crippen LogP contribution < -0.4 is 10.7 Å². The minimum absolute atomic E-state index is 0.247. The van der Waals surface area contributed by atoms with E-state index in [1.807, 2.05) is 0 Å². The third-order valence-corrected chi connectivity index (χ3v) is 2.32. The summed E-state index contributed by atoms with van der Waals surface area (Å²) in [6, 6.07) is 6.76. The maximum absolute atomic E-state index is 13.0. The number of para-hydroxylation sites is 1. The minimum Gasteiger partial charge on any atom is -0.323 e. The molecule has 2 aromatic rings. The van der Waals surface area contributed by atoms with Gasteiger partial charge < -0.3 is 5.84 Å². The molecule has 0 spiro atoms. The molecule has 1 amide bonds. The lowest BCUT2D eigenvalue weighted by Gasteiger charge is -2.24. The Bertz CT molecular complexity index is 579. The molecule has 5 nitrogen and oxygen atoms in total. The molecule has 0 aliphatic carbocycles. The maximum Gasteiger partial charge on any atom is 0.491 e. The molecule has 19 heavy (non-hydrogen) atoms. The number of hydrogen-bond acceptors (Lipinski definition) is 3. The van der Waals surface area contributed by atoms with Crippen molar-refractivity contribution in [2.45, 2.75) is 6.30 Å². The second-order valence-electron chi connectivity index (χ2n) is 3.65. The summed E-state index contributed by atoms with van der Waals surface area (Å²) in [6.07, 6.45) is -2.84. The molecule has 0 aliphatic heterocycles. The van der Waals surface area contributed by atoms with Crippen molar-refractivity contribution in [3.63, 3.8) is 0 Å². The molecular weight excluding hydrogens is 261 g/mol. The first-order chi connectivity index (χ1) is 8.89. The van der Waals surface area contributed by atoms with Gasteiger partial charge in [0.1, 0.15) is 0 Å². The van der Waals surface area contributed by atoms with Gasteiger partial charge in [0.25, 0.3) is 5.91 Å². The fraction of sp³-hybridized carbons (Fsp3) is 0.0909. The molecule has 1 aromatic carbocycles. The fourth-order valence-corrected chi connectivity index (χ4v) is 1.53. The Kier molecular flexibility index (Phi) is 3.16. The van der Waals surface area contributed by atoms with Crippen molar-refractivity contribution in [3.05, 3.63) is 48.3 Å². The van der Waals surface area contributed by atoms with Crippen LogP contribution in [0.25, 0.3) is 0 Å². The van der Waals surface area contributed by atoms with Gasteiger partial charge in [-0.1, -0.05) is 18.2 Å². The Morgan fingerprint density at radius 2 is 1.89 bits per heavy atom. The third-order valence-electron chi connectivity index (χ3n) is 2.32. The van der Waals surface area contributed by atoms with E-state index in [1.54, 1.807) is 6.07 Å². The largest absolute Gasteiger partial charge is 0.491 e. The standard InChI is InChI=1S/C11H9F3N4O/c12-11(13,14)18(9-4-2-1-3-5-9)10(19)8-6-16-17(15)7-8/h1-7H,15H2. The molecule has 2 rings (SSSR count). The van der Waals surface area contributed by atoms with E-state index in [-0.39, 0.29) is 16.2 Å². The number of hydrogen-bond donors (Lipinski definition) is 1. The van der Waals surface area contributed by atoms with Gasteiger partial charge in [-0.15, -0.1) is 13.2 Å². The topological polar surface area (TPSA) is 64.2 Å². The number of rotatable bonds is 2. The van der Waals surface area contributed by atoms with Crippen molar-refractivity contribution in [2.24, 2.45) is 0 Å². The minimum atomic E-state index is -4.84. The molecule has 100 valence electrons. The van der Waals surface area contributed by atoms with Gasteiger partial charge in [-0.3, -0.25) is 4.79 Å². The second-order valence-corrected chi connectivity index (χ2v) is 3.65. The average Bonchev–Trinajstić information content (AvgIpc) is 2.75. The lowest BCUT2D eigenvalue weighted by Crippen LogP contribution is -2.43. The van der Waals surface area contributed by atoms with E-state index in [9.17, 15) is 18.0 Å². The van der Waals surface area contributed by atoms with E-state index in [4.69, 9.17) is 5.84 Å². The summed E-state index contributed by atoms with van der Waals surface area (Å²) >= 11 is 0. The van der Waals surface area contributed by atoms with E-state index in [0.717, 1.165) is 17.2 Å². The van der Waals surface area contributed by atoms with Crippen LogP contribution in [0.2, 0.25) is 0 Å². The van der Waals surface area contributed by atoms with Crippen molar-refractivity contribution in [2.75, 3.05) is 10.7 Å². The zero-order valence-electron chi connectivity index (χ0n) is 9.50. The average molecular weight is 270 g/mol. The molecular formula is C11H9F3N4O. The molecule has 8 heteroatoms. The Labute approximate surface area is 106 Å². The summed E-state index contributed by atoms with van der Waals surface area (Å²) in [4.78, 5) is 12.4. The van der Waals surface area contributed by atoms with E-state index in [1.165, 1.54) is 24.3 Å². The first-order valence-electron chi connectivity index (χ1n) is 5.15. The summed E-state index contributed by atoms with van der Waals surface area (Å²) in [5.74, 6) is 3.98. The number of nitrogens with zero attached hydrogens (tertiary/aromatic N) is 3. The number of benzene rings is 1. The van der Waals surface area contributed by atoms with Gasteiger partial charge in [0.15, 0.2) is 0 Å². The van der Waals surface area contributed by atoms with Gasteiger partial charge in [-0.2, -0.15) is 9.89 Å². The molecule has 2 N–H and O–H groups in total. The predicted molar refractivity (Wildman–Crippen MR) is 61.7 cm³/mol. The number of anilines is 1. The second kappa shape index (κ2) is 4.63. The summed E-state index contributed by atoms with van der Waals surface area (Å²) < 4.78 is 39.0. The summed E-state index contributed by atoms with van der Waals surface area (Å²) in [6.45, 7) is 0. The van der Waals surface area contributed by atoms with Crippen molar-refractivity contribution in [1.29, 1.82) is 0 Å². The van der Waals surface area contributed by atoms with Crippen LogP contribution in [0, 0.1) is 0 Å². The SMILES string of the molecule is Nn1cc(C(=O)N(c2ccccc2)C(F)(F)F)cn1. The summed E-state index contributed by atoms with van der Waals surface area (Å²) in [5.41, 5.74) is -0.520. The van der Waals surface area contributed by atoms with Crippen molar-refractivity contribution < 1.29 is 18.0 Å². The molecule has 0 aliphatic rings. The van der Waals surface area contributed by atoms with E-state index in [2.05, 4.69) is 5.10 Å². The van der Waals surface area contributed by atoms with Crippen molar-refractivity contribution >= 4 is 11.6 Å². The van der Waals surface area contributed by atoms with Crippen molar-refractivity contribution in [1.82, 2.24) is 9.89 Å². The lowest BCUT2D eigenvalue weighted by atomic mass is 10.2. The Balaban J connectivity index is 2.42. The van der Waals surface area contributed by atoms with Gasteiger partial charge in [-0.25, -0.2) is 4.90 Å². The highest BCUT2D eigenvalue weighted by molar-refractivity contribution is 6.06. The first kappa shape index (κ1) is 12.9. The zero-order valence-corrected chi connectivity index (χ0v) is 9.50. The van der Waals surface area contributed by atoms with E-state index >= 15 is 0 Å². The van der Waals surface area contributed by atoms with Crippen LogP contribution in [0.3, 0.4) is 0 Å².